The second kappa shape index (κ2) is 8.12. The number of nitrogens with one attached hydrogen (secondary N) is 2. The molecule has 2 N–H and O–H groups in total. The Morgan fingerprint density at radius 2 is 2.03 bits per heavy atom. The molecular formula is C21H28N4O4. The number of hydrogen-bond acceptors (Lipinski definition) is 5. The molecule has 0 aliphatic carbocycles. The van der Waals surface area contributed by atoms with Crippen LogP contribution in [0.3, 0.4) is 0 Å². The van der Waals surface area contributed by atoms with Crippen LogP contribution in [0, 0.1) is 5.92 Å². The van der Waals surface area contributed by atoms with E-state index in [2.05, 4.69) is 29.4 Å². The maximum Gasteiger partial charge on any atom is 0.328 e. The summed E-state index contributed by atoms with van der Waals surface area (Å²) in [5, 5.41) is 5.45. The summed E-state index contributed by atoms with van der Waals surface area (Å²) in [6, 6.07) is 6.92. The van der Waals surface area contributed by atoms with Crippen LogP contribution in [0.25, 0.3) is 0 Å². The van der Waals surface area contributed by atoms with Crippen molar-refractivity contribution in [3.63, 3.8) is 0 Å². The van der Waals surface area contributed by atoms with Crippen molar-refractivity contribution >= 4 is 23.5 Å². The zero-order chi connectivity index (χ0) is 20.5. The molecule has 3 aliphatic heterocycles. The molecule has 1 aromatic rings. The van der Waals surface area contributed by atoms with Crippen LogP contribution in [0.1, 0.15) is 37.0 Å². The van der Waals surface area contributed by atoms with Crippen LogP contribution in [-0.2, 0) is 9.53 Å². The lowest BCUT2D eigenvalue weighted by molar-refractivity contribution is -0.120. The summed E-state index contributed by atoms with van der Waals surface area (Å²) in [4.78, 5) is 40.5. The van der Waals surface area contributed by atoms with Crippen LogP contribution in [0.15, 0.2) is 24.3 Å². The van der Waals surface area contributed by atoms with Crippen LogP contribution in [-0.4, -0.2) is 67.2 Å². The average Bonchev–Trinajstić information content (AvgIpc) is 3.09. The second-order valence-electron chi connectivity index (χ2n) is 8.40. The molecule has 0 unspecified atom stereocenters. The molecule has 0 radical (unpaired) electrons. The predicted molar refractivity (Wildman–Crippen MR) is 108 cm³/mol. The van der Waals surface area contributed by atoms with Crippen molar-refractivity contribution in [2.45, 2.75) is 44.9 Å². The first kappa shape index (κ1) is 19.8. The van der Waals surface area contributed by atoms with E-state index in [0.29, 0.717) is 29.8 Å². The van der Waals surface area contributed by atoms with Crippen molar-refractivity contribution in [2.24, 2.45) is 5.92 Å². The molecule has 4 amide bonds. The first-order valence-corrected chi connectivity index (χ1v) is 10.3. The van der Waals surface area contributed by atoms with E-state index >= 15 is 0 Å². The van der Waals surface area contributed by atoms with Gasteiger partial charge in [0.05, 0.1) is 24.0 Å². The van der Waals surface area contributed by atoms with Gasteiger partial charge in [0.1, 0.15) is 0 Å². The third kappa shape index (κ3) is 4.13. The predicted octanol–water partition coefficient (Wildman–Crippen LogP) is 1.36. The lowest BCUT2D eigenvalue weighted by Crippen LogP contribution is -2.50. The largest absolute Gasteiger partial charge is 0.375 e. The summed E-state index contributed by atoms with van der Waals surface area (Å²) in [5.41, 5.74) is 0.965. The molecule has 4 rings (SSSR count). The van der Waals surface area contributed by atoms with Gasteiger partial charge in [0, 0.05) is 38.1 Å². The lowest BCUT2D eigenvalue weighted by Gasteiger charge is -2.36. The summed E-state index contributed by atoms with van der Waals surface area (Å²) in [7, 11) is 0. The SMILES string of the molecule is CC(C)[C@H]1CN2C[C@H](NC(=O)c3ccccc3N3CCC(=O)NC3=O)C[C@H]2CO1. The average molecular weight is 400 g/mol. The number of carbonyl (C=O) groups excluding carboxylic acids is 3. The lowest BCUT2D eigenvalue weighted by atomic mass is 10.0. The molecule has 0 saturated carbocycles. The molecule has 1 aromatic carbocycles. The molecule has 8 nitrogen and oxygen atoms in total. The van der Waals surface area contributed by atoms with Crippen molar-refractivity contribution in [1.29, 1.82) is 0 Å². The van der Waals surface area contributed by atoms with Crippen LogP contribution in [0.5, 0.6) is 0 Å². The van der Waals surface area contributed by atoms with Gasteiger partial charge in [-0.2, -0.15) is 0 Å². The van der Waals surface area contributed by atoms with Gasteiger partial charge in [0.2, 0.25) is 5.91 Å². The number of para-hydroxylation sites is 1. The third-order valence-electron chi connectivity index (χ3n) is 6.02. The topological polar surface area (TPSA) is 91.0 Å². The Balaban J connectivity index is 1.44. The van der Waals surface area contributed by atoms with Gasteiger partial charge in [-0.1, -0.05) is 26.0 Å². The Labute approximate surface area is 170 Å². The molecule has 0 aromatic heterocycles. The number of benzene rings is 1. The van der Waals surface area contributed by atoms with E-state index in [1.807, 2.05) is 0 Å². The summed E-state index contributed by atoms with van der Waals surface area (Å²) in [6.45, 7) is 7.01. The number of nitrogens with zero attached hydrogens (tertiary/aromatic N) is 2. The molecule has 3 heterocycles. The van der Waals surface area contributed by atoms with Crippen molar-refractivity contribution < 1.29 is 19.1 Å². The van der Waals surface area contributed by atoms with Crippen molar-refractivity contribution in [3.05, 3.63) is 29.8 Å². The first-order chi connectivity index (χ1) is 13.9. The highest BCUT2D eigenvalue weighted by molar-refractivity contribution is 6.09. The third-order valence-corrected chi connectivity index (χ3v) is 6.02. The number of carbonyl (C=O) groups is 3. The fourth-order valence-electron chi connectivity index (χ4n) is 4.37. The summed E-state index contributed by atoms with van der Waals surface area (Å²) in [6.07, 6.45) is 1.32. The smallest absolute Gasteiger partial charge is 0.328 e. The van der Waals surface area contributed by atoms with Gasteiger partial charge < -0.3 is 10.1 Å². The maximum atomic E-state index is 13.0. The van der Waals surface area contributed by atoms with E-state index in [0.717, 1.165) is 19.5 Å². The van der Waals surface area contributed by atoms with Gasteiger partial charge in [-0.05, 0) is 24.5 Å². The summed E-state index contributed by atoms with van der Waals surface area (Å²) < 4.78 is 5.98. The highest BCUT2D eigenvalue weighted by Gasteiger charge is 2.39. The molecule has 29 heavy (non-hydrogen) atoms. The Kier molecular flexibility index (Phi) is 5.56. The standard InChI is InChI=1S/C21H28N4O4/c1-13(2)18-11-24-10-14(9-15(24)12-29-18)22-20(27)16-5-3-4-6-17(16)25-8-7-19(26)23-21(25)28/h3-6,13-15,18H,7-12H2,1-2H3,(H,22,27)(H,23,26,28)/t14-,15+,18-/m1/s1. The number of imide groups is 1. The van der Waals surface area contributed by atoms with Crippen molar-refractivity contribution in [1.82, 2.24) is 15.5 Å². The van der Waals surface area contributed by atoms with Crippen LogP contribution in [0.4, 0.5) is 10.5 Å². The van der Waals surface area contributed by atoms with E-state index in [1.54, 1.807) is 24.3 Å². The Morgan fingerprint density at radius 3 is 2.79 bits per heavy atom. The number of amides is 4. The van der Waals surface area contributed by atoms with E-state index in [4.69, 9.17) is 4.74 Å². The normalized spacial score (nSPS) is 27.7. The number of hydrogen-bond donors (Lipinski definition) is 2. The fraction of sp³-hybridized carbons (Fsp3) is 0.571. The minimum atomic E-state index is -0.489. The van der Waals surface area contributed by atoms with E-state index in [1.165, 1.54) is 4.90 Å². The number of ether oxygens (including phenoxy) is 1. The van der Waals surface area contributed by atoms with Crippen molar-refractivity contribution in [2.75, 3.05) is 31.1 Å². The highest BCUT2D eigenvalue weighted by atomic mass is 16.5. The molecule has 3 fully saturated rings. The minimum absolute atomic E-state index is 0.0480. The van der Waals surface area contributed by atoms with Gasteiger partial charge in [-0.25, -0.2) is 4.79 Å². The summed E-state index contributed by atoms with van der Waals surface area (Å²) in [5.74, 6) is -0.0202. The van der Waals surface area contributed by atoms with Crippen molar-refractivity contribution in [3.8, 4) is 0 Å². The first-order valence-electron chi connectivity index (χ1n) is 10.3. The second-order valence-corrected chi connectivity index (χ2v) is 8.40. The van der Waals surface area contributed by atoms with Gasteiger partial charge in [0.15, 0.2) is 0 Å². The zero-order valence-corrected chi connectivity index (χ0v) is 16.9. The van der Waals surface area contributed by atoms with E-state index < -0.39 is 6.03 Å². The van der Waals surface area contributed by atoms with Crippen LogP contribution < -0.4 is 15.5 Å². The molecule has 0 spiro atoms. The van der Waals surface area contributed by atoms with Gasteiger partial charge in [-0.3, -0.25) is 24.7 Å². The number of anilines is 1. The van der Waals surface area contributed by atoms with Crippen LogP contribution >= 0.6 is 0 Å². The molecule has 0 bridgehead atoms. The molecule has 8 heteroatoms. The Hall–Kier alpha value is -2.45. The molecule has 156 valence electrons. The number of fused-ring (bicyclic) bond motifs is 1. The Morgan fingerprint density at radius 1 is 1.24 bits per heavy atom. The van der Waals surface area contributed by atoms with Gasteiger partial charge >= 0.3 is 6.03 Å². The number of morpholine rings is 1. The maximum absolute atomic E-state index is 13.0. The zero-order valence-electron chi connectivity index (χ0n) is 16.9. The fourth-order valence-corrected chi connectivity index (χ4v) is 4.37. The number of urea groups is 1. The molecule has 3 saturated heterocycles. The summed E-state index contributed by atoms with van der Waals surface area (Å²) >= 11 is 0. The molecule has 3 aliphatic rings. The Bertz CT molecular complexity index is 812. The molecule has 3 atom stereocenters. The van der Waals surface area contributed by atoms with E-state index in [-0.39, 0.29) is 36.9 Å². The van der Waals surface area contributed by atoms with Crippen LogP contribution in [0.2, 0.25) is 0 Å². The van der Waals surface area contributed by atoms with Gasteiger partial charge in [0.25, 0.3) is 5.91 Å². The van der Waals surface area contributed by atoms with E-state index in [9.17, 15) is 14.4 Å². The molecular weight excluding hydrogens is 372 g/mol. The monoisotopic (exact) mass is 400 g/mol. The minimum Gasteiger partial charge on any atom is -0.375 e. The van der Waals surface area contributed by atoms with Gasteiger partial charge in [-0.15, -0.1) is 0 Å². The highest BCUT2D eigenvalue weighted by Crippen LogP contribution is 2.27. The number of rotatable bonds is 4. The quantitative estimate of drug-likeness (QED) is 0.796.